The third-order valence-corrected chi connectivity index (χ3v) is 5.00. The molecule has 0 radical (unpaired) electrons. The fraction of sp³-hybridized carbons (Fsp3) is 0.0833. The molecule has 2 rings (SSSR count). The maximum absolute atomic E-state index is 13.6. The van der Waals surface area contributed by atoms with Crippen molar-refractivity contribution in [3.05, 3.63) is 45.7 Å². The molecule has 2 aromatic rings. The molecule has 0 unspecified atom stereocenters. The fourth-order valence-corrected chi connectivity index (χ4v) is 3.67. The van der Waals surface area contributed by atoms with Crippen molar-refractivity contribution in [1.29, 1.82) is 0 Å². The van der Waals surface area contributed by atoms with Crippen LogP contribution in [0.25, 0.3) is 0 Å². The van der Waals surface area contributed by atoms with Crippen molar-refractivity contribution in [2.75, 3.05) is 4.72 Å². The minimum atomic E-state index is -4.19. The summed E-state index contributed by atoms with van der Waals surface area (Å²) >= 11 is 0.718. The van der Waals surface area contributed by atoms with Gasteiger partial charge in [0.25, 0.3) is 10.0 Å². The van der Waals surface area contributed by atoms with Crippen LogP contribution in [0.1, 0.15) is 15.2 Å². The number of halogens is 2. The molecule has 0 saturated carbocycles. The predicted octanol–water partition coefficient (Wildman–Crippen LogP) is 2.83. The van der Waals surface area contributed by atoms with E-state index < -0.39 is 33.3 Å². The number of aromatic carboxylic acids is 1. The van der Waals surface area contributed by atoms with Crippen LogP contribution in [-0.2, 0) is 10.0 Å². The lowest BCUT2D eigenvalue weighted by Gasteiger charge is -2.08. The summed E-state index contributed by atoms with van der Waals surface area (Å²) in [5.41, 5.74) is -0.500. The Bertz CT molecular complexity index is 815. The van der Waals surface area contributed by atoms with Gasteiger partial charge in [0, 0.05) is 11.4 Å². The molecule has 0 fully saturated rings. The lowest BCUT2D eigenvalue weighted by Crippen LogP contribution is -2.13. The second kappa shape index (κ2) is 5.41. The van der Waals surface area contributed by atoms with Gasteiger partial charge in [-0.3, -0.25) is 4.72 Å². The van der Waals surface area contributed by atoms with Gasteiger partial charge in [0.2, 0.25) is 0 Å². The van der Waals surface area contributed by atoms with Crippen molar-refractivity contribution in [3.8, 4) is 0 Å². The van der Waals surface area contributed by atoms with Gasteiger partial charge in [0.05, 0.1) is 10.6 Å². The third-order valence-electron chi connectivity index (χ3n) is 2.59. The molecule has 0 aliphatic rings. The molecule has 1 aromatic heterocycles. The van der Waals surface area contributed by atoms with Crippen LogP contribution >= 0.6 is 11.3 Å². The number of sulfonamides is 1. The lowest BCUT2D eigenvalue weighted by atomic mass is 10.2. The van der Waals surface area contributed by atoms with Gasteiger partial charge in [-0.05, 0) is 24.6 Å². The van der Waals surface area contributed by atoms with Gasteiger partial charge in [0.15, 0.2) is 0 Å². The van der Waals surface area contributed by atoms with Crippen molar-refractivity contribution in [3.63, 3.8) is 0 Å². The summed E-state index contributed by atoms with van der Waals surface area (Å²) in [5, 5.41) is 9.86. The Hall–Kier alpha value is -2.00. The second-order valence-corrected chi connectivity index (χ2v) is 6.73. The van der Waals surface area contributed by atoms with Crippen LogP contribution in [-0.4, -0.2) is 19.5 Å². The average molecular weight is 333 g/mol. The number of thiophene rings is 1. The predicted molar refractivity (Wildman–Crippen MR) is 73.2 cm³/mol. The molecule has 9 heteroatoms. The number of carboxylic acids is 1. The largest absolute Gasteiger partial charge is 0.477 e. The van der Waals surface area contributed by atoms with E-state index >= 15 is 0 Å². The van der Waals surface area contributed by atoms with Gasteiger partial charge in [0.1, 0.15) is 16.5 Å². The zero-order chi connectivity index (χ0) is 15.8. The Morgan fingerprint density at radius 1 is 1.24 bits per heavy atom. The van der Waals surface area contributed by atoms with Gasteiger partial charge in [-0.15, -0.1) is 11.3 Å². The molecule has 112 valence electrons. The van der Waals surface area contributed by atoms with Gasteiger partial charge < -0.3 is 5.11 Å². The Morgan fingerprint density at radius 3 is 2.48 bits per heavy atom. The molecule has 1 aromatic carbocycles. The molecule has 0 saturated heterocycles. The summed E-state index contributed by atoms with van der Waals surface area (Å²) < 4.78 is 52.9. The van der Waals surface area contributed by atoms with Crippen molar-refractivity contribution >= 4 is 33.0 Å². The number of nitrogens with one attached hydrogen (secondary N) is 1. The number of hydrogen-bond donors (Lipinski definition) is 2. The highest BCUT2D eigenvalue weighted by atomic mass is 32.2. The van der Waals surface area contributed by atoms with Gasteiger partial charge in [-0.1, -0.05) is 0 Å². The summed E-state index contributed by atoms with van der Waals surface area (Å²) in [7, 11) is -4.19. The fourth-order valence-electron chi connectivity index (χ4n) is 1.50. The molecule has 5 nitrogen and oxygen atoms in total. The molecule has 0 bridgehead atoms. The van der Waals surface area contributed by atoms with E-state index in [1.165, 1.54) is 6.92 Å². The van der Waals surface area contributed by atoms with Crippen LogP contribution in [0.4, 0.5) is 14.5 Å². The number of carboxylic acid groups (broad SMARTS) is 1. The Morgan fingerprint density at radius 2 is 1.90 bits per heavy atom. The average Bonchev–Trinajstić information content (AvgIpc) is 2.86. The van der Waals surface area contributed by atoms with Crippen LogP contribution in [0.15, 0.2) is 28.5 Å². The minimum Gasteiger partial charge on any atom is -0.477 e. The van der Waals surface area contributed by atoms with Gasteiger partial charge >= 0.3 is 5.97 Å². The smallest absolute Gasteiger partial charge is 0.345 e. The topological polar surface area (TPSA) is 83.5 Å². The molecule has 21 heavy (non-hydrogen) atoms. The first-order chi connectivity index (χ1) is 9.70. The summed E-state index contributed by atoms with van der Waals surface area (Å²) in [5.74, 6) is -2.95. The summed E-state index contributed by atoms with van der Waals surface area (Å²) in [6, 6.07) is 2.54. The highest BCUT2D eigenvalue weighted by molar-refractivity contribution is 7.92. The molecule has 0 atom stereocenters. The monoisotopic (exact) mass is 333 g/mol. The molecule has 0 spiro atoms. The van der Waals surface area contributed by atoms with Crippen LogP contribution in [0.3, 0.4) is 0 Å². The van der Waals surface area contributed by atoms with Gasteiger partial charge in [-0.25, -0.2) is 22.0 Å². The highest BCUT2D eigenvalue weighted by Gasteiger charge is 2.20. The van der Waals surface area contributed by atoms with E-state index in [1.54, 1.807) is 0 Å². The van der Waals surface area contributed by atoms with E-state index in [2.05, 4.69) is 0 Å². The molecule has 0 amide bonds. The molecule has 1 heterocycles. The van der Waals surface area contributed by atoms with E-state index in [-0.39, 0.29) is 15.3 Å². The van der Waals surface area contributed by atoms with Gasteiger partial charge in [-0.2, -0.15) is 0 Å². The second-order valence-electron chi connectivity index (χ2n) is 4.14. The first kappa shape index (κ1) is 15.4. The lowest BCUT2D eigenvalue weighted by molar-refractivity contribution is 0.0702. The van der Waals surface area contributed by atoms with Crippen molar-refractivity contribution in [1.82, 2.24) is 0 Å². The normalized spacial score (nSPS) is 11.4. The molecular weight excluding hydrogens is 324 g/mol. The Labute approximate surface area is 122 Å². The van der Waals surface area contributed by atoms with Crippen molar-refractivity contribution in [2.24, 2.45) is 0 Å². The van der Waals surface area contributed by atoms with Crippen LogP contribution in [0.5, 0.6) is 0 Å². The zero-order valence-electron chi connectivity index (χ0n) is 10.6. The van der Waals surface area contributed by atoms with Crippen LogP contribution in [0.2, 0.25) is 0 Å². The number of aryl methyl sites for hydroxylation is 1. The Kier molecular flexibility index (Phi) is 3.97. The van der Waals surface area contributed by atoms with E-state index in [1.807, 2.05) is 4.72 Å². The molecule has 0 aliphatic heterocycles. The number of hydrogen-bond acceptors (Lipinski definition) is 4. The summed E-state index contributed by atoms with van der Waals surface area (Å²) in [4.78, 5) is 10.2. The first-order valence-corrected chi connectivity index (χ1v) is 7.87. The van der Waals surface area contributed by atoms with Crippen LogP contribution in [0, 0.1) is 18.6 Å². The zero-order valence-corrected chi connectivity index (χ0v) is 12.2. The molecular formula is C12H9F2NO4S2. The number of anilines is 1. The summed E-state index contributed by atoms with van der Waals surface area (Å²) in [6.07, 6.45) is 0. The van der Waals surface area contributed by atoms with E-state index in [4.69, 9.17) is 5.11 Å². The maximum atomic E-state index is 13.6. The number of rotatable bonds is 4. The maximum Gasteiger partial charge on any atom is 0.345 e. The van der Waals surface area contributed by atoms with Crippen LogP contribution < -0.4 is 4.72 Å². The Balaban J connectivity index is 2.37. The quantitative estimate of drug-likeness (QED) is 0.901. The van der Waals surface area contributed by atoms with E-state index in [9.17, 15) is 22.0 Å². The SMILES string of the molecule is Cc1cc(F)c(NS(=O)(=O)c2csc(C(=O)O)c2)cc1F. The van der Waals surface area contributed by atoms with Crippen molar-refractivity contribution < 1.29 is 27.1 Å². The standard InChI is InChI=1S/C12H9F2NO4S2/c1-6-2-9(14)10(4-8(6)13)15-21(18,19)7-3-11(12(16)17)20-5-7/h2-5,15H,1H3,(H,16,17). The molecule has 2 N–H and O–H groups in total. The highest BCUT2D eigenvalue weighted by Crippen LogP contribution is 2.25. The van der Waals surface area contributed by atoms with E-state index in [0.29, 0.717) is 0 Å². The number of carbonyl (C=O) groups is 1. The third kappa shape index (κ3) is 3.19. The summed E-state index contributed by atoms with van der Waals surface area (Å²) in [6.45, 7) is 1.34. The number of benzene rings is 1. The molecule has 0 aliphatic carbocycles. The minimum absolute atomic E-state index is 0.0409. The first-order valence-electron chi connectivity index (χ1n) is 5.51. The van der Waals surface area contributed by atoms with E-state index in [0.717, 1.165) is 34.9 Å². The van der Waals surface area contributed by atoms with Crippen molar-refractivity contribution in [2.45, 2.75) is 11.8 Å².